The third-order valence-corrected chi connectivity index (χ3v) is 5.51. The van der Waals surface area contributed by atoms with E-state index in [9.17, 15) is 14.4 Å². The van der Waals surface area contributed by atoms with Crippen molar-refractivity contribution in [2.45, 2.75) is 13.8 Å². The fraction of sp³-hybridized carbons (Fsp3) is 0.350. The van der Waals surface area contributed by atoms with Gasteiger partial charge in [0, 0.05) is 38.7 Å². The van der Waals surface area contributed by atoms with E-state index in [1.54, 1.807) is 9.80 Å². The lowest BCUT2D eigenvalue weighted by Gasteiger charge is -2.34. The number of hydrogen-bond acceptors (Lipinski definition) is 5. The van der Waals surface area contributed by atoms with E-state index in [0.717, 1.165) is 16.7 Å². The molecule has 2 aromatic rings. The van der Waals surface area contributed by atoms with Crippen LogP contribution >= 0.6 is 11.3 Å². The summed E-state index contributed by atoms with van der Waals surface area (Å²) in [4.78, 5) is 39.9. The summed E-state index contributed by atoms with van der Waals surface area (Å²) in [7, 11) is 0. The van der Waals surface area contributed by atoms with Gasteiger partial charge in [-0.25, -0.2) is 4.79 Å². The number of amides is 2. The Labute approximate surface area is 162 Å². The molecule has 142 valence electrons. The van der Waals surface area contributed by atoms with Crippen molar-refractivity contribution in [1.29, 1.82) is 0 Å². The molecule has 0 aliphatic carbocycles. The van der Waals surface area contributed by atoms with Crippen LogP contribution < -0.4 is 0 Å². The van der Waals surface area contributed by atoms with Gasteiger partial charge in [-0.2, -0.15) is 0 Å². The number of piperazine rings is 1. The molecule has 0 radical (unpaired) electrons. The lowest BCUT2D eigenvalue weighted by molar-refractivity contribution is -0.140. The summed E-state index contributed by atoms with van der Waals surface area (Å²) in [5, 5.41) is 1.84. The predicted octanol–water partition coefficient (Wildman–Crippen LogP) is 2.57. The van der Waals surface area contributed by atoms with Gasteiger partial charge in [-0.1, -0.05) is 29.8 Å². The first kappa shape index (κ1) is 19.1. The molecule has 1 saturated heterocycles. The van der Waals surface area contributed by atoms with Gasteiger partial charge in [0.25, 0.3) is 5.91 Å². The lowest BCUT2D eigenvalue weighted by atomic mass is 10.1. The van der Waals surface area contributed by atoms with Crippen LogP contribution in [0.4, 0.5) is 0 Å². The van der Waals surface area contributed by atoms with Gasteiger partial charge in [0.2, 0.25) is 5.91 Å². The Hall–Kier alpha value is -2.67. The van der Waals surface area contributed by atoms with Crippen LogP contribution in [0.2, 0.25) is 0 Å². The fourth-order valence-corrected chi connectivity index (χ4v) is 3.79. The highest BCUT2D eigenvalue weighted by molar-refractivity contribution is 7.12. The summed E-state index contributed by atoms with van der Waals surface area (Å²) >= 11 is 1.30. The zero-order valence-corrected chi connectivity index (χ0v) is 16.3. The summed E-state index contributed by atoms with van der Waals surface area (Å²) in [5.74, 6) is -0.717. The minimum absolute atomic E-state index is 0.00913. The van der Waals surface area contributed by atoms with Gasteiger partial charge in [-0.15, -0.1) is 11.3 Å². The highest BCUT2D eigenvalue weighted by Gasteiger charge is 2.24. The zero-order valence-electron chi connectivity index (χ0n) is 15.4. The summed E-state index contributed by atoms with van der Waals surface area (Å²) in [6.07, 6.45) is 0. The highest BCUT2D eigenvalue weighted by Crippen LogP contribution is 2.29. The van der Waals surface area contributed by atoms with Gasteiger partial charge in [-0.3, -0.25) is 9.59 Å². The largest absolute Gasteiger partial charge is 0.451 e. The van der Waals surface area contributed by atoms with Gasteiger partial charge < -0.3 is 14.5 Å². The maximum atomic E-state index is 12.5. The van der Waals surface area contributed by atoms with E-state index in [1.807, 2.05) is 42.6 Å². The second-order valence-corrected chi connectivity index (χ2v) is 7.41. The summed E-state index contributed by atoms with van der Waals surface area (Å²) in [5.41, 5.74) is 2.90. The Bertz CT molecular complexity index is 836. The van der Waals surface area contributed by atoms with Gasteiger partial charge in [0.05, 0.1) is 0 Å². The van der Waals surface area contributed by atoms with Gasteiger partial charge in [0.15, 0.2) is 6.61 Å². The molecule has 1 fully saturated rings. The summed E-state index contributed by atoms with van der Waals surface area (Å²) in [6.45, 7) is 5.19. The van der Waals surface area contributed by atoms with Crippen LogP contribution in [0.1, 0.15) is 22.2 Å². The number of benzene rings is 1. The number of aryl methyl sites for hydroxylation is 1. The molecule has 1 aliphatic rings. The predicted molar refractivity (Wildman–Crippen MR) is 104 cm³/mol. The first-order chi connectivity index (χ1) is 13.0. The monoisotopic (exact) mass is 386 g/mol. The number of rotatable bonds is 4. The van der Waals surface area contributed by atoms with Crippen molar-refractivity contribution in [1.82, 2.24) is 9.80 Å². The Morgan fingerprint density at radius 1 is 1.00 bits per heavy atom. The van der Waals surface area contributed by atoms with E-state index < -0.39 is 5.97 Å². The van der Waals surface area contributed by atoms with Crippen molar-refractivity contribution in [2.75, 3.05) is 32.8 Å². The molecule has 1 aliphatic heterocycles. The Morgan fingerprint density at radius 2 is 1.63 bits per heavy atom. The molecule has 0 N–H and O–H groups in total. The van der Waals surface area contributed by atoms with E-state index in [0.29, 0.717) is 31.1 Å². The molecule has 0 atom stereocenters. The molecule has 2 heterocycles. The molecule has 6 nitrogen and oxygen atoms in total. The van der Waals surface area contributed by atoms with Crippen LogP contribution in [0.15, 0.2) is 35.7 Å². The van der Waals surface area contributed by atoms with Crippen LogP contribution in [-0.2, 0) is 14.3 Å². The minimum Gasteiger partial charge on any atom is -0.451 e. The Balaban J connectivity index is 1.57. The van der Waals surface area contributed by atoms with Crippen molar-refractivity contribution in [2.24, 2.45) is 0 Å². The highest BCUT2D eigenvalue weighted by atomic mass is 32.1. The number of carbonyl (C=O) groups excluding carboxylic acids is 3. The number of hydrogen-bond donors (Lipinski definition) is 0. The smallest absolute Gasteiger partial charge is 0.349 e. The average Bonchev–Trinajstić information content (AvgIpc) is 3.16. The van der Waals surface area contributed by atoms with E-state index in [-0.39, 0.29) is 18.4 Å². The second kappa shape index (κ2) is 8.35. The van der Waals surface area contributed by atoms with Gasteiger partial charge in [-0.05, 0) is 23.9 Å². The fourth-order valence-electron chi connectivity index (χ4n) is 2.98. The molecule has 2 amide bonds. The SMILES string of the molecule is CC(=O)N1CCN(C(=O)COC(=O)c2sccc2-c2ccc(C)cc2)CC1. The first-order valence-electron chi connectivity index (χ1n) is 8.80. The number of esters is 1. The molecule has 0 bridgehead atoms. The van der Waals surface area contributed by atoms with E-state index >= 15 is 0 Å². The topological polar surface area (TPSA) is 66.9 Å². The summed E-state index contributed by atoms with van der Waals surface area (Å²) < 4.78 is 5.26. The third-order valence-electron chi connectivity index (χ3n) is 4.62. The van der Waals surface area contributed by atoms with E-state index in [4.69, 9.17) is 4.74 Å². The Morgan fingerprint density at radius 3 is 2.26 bits per heavy atom. The molecule has 0 saturated carbocycles. The van der Waals surface area contributed by atoms with E-state index in [1.165, 1.54) is 18.3 Å². The molecule has 0 unspecified atom stereocenters. The molecule has 1 aromatic heterocycles. The number of carbonyl (C=O) groups is 3. The Kier molecular flexibility index (Phi) is 5.91. The maximum Gasteiger partial charge on any atom is 0.349 e. The van der Waals surface area contributed by atoms with E-state index in [2.05, 4.69) is 0 Å². The molecule has 7 heteroatoms. The lowest BCUT2D eigenvalue weighted by Crippen LogP contribution is -2.51. The molecule has 0 spiro atoms. The number of ether oxygens (including phenoxy) is 1. The average molecular weight is 386 g/mol. The van der Waals surface area contributed by atoms with Crippen molar-refractivity contribution in [3.8, 4) is 11.1 Å². The minimum atomic E-state index is -0.490. The van der Waals surface area contributed by atoms with Crippen molar-refractivity contribution in [3.63, 3.8) is 0 Å². The van der Waals surface area contributed by atoms with Crippen LogP contribution in [0.5, 0.6) is 0 Å². The van der Waals surface area contributed by atoms with Crippen LogP contribution in [0.25, 0.3) is 11.1 Å². The van der Waals surface area contributed by atoms with Crippen LogP contribution in [0, 0.1) is 6.92 Å². The molecule has 3 rings (SSSR count). The quantitative estimate of drug-likeness (QED) is 0.758. The first-order valence-corrected chi connectivity index (χ1v) is 9.68. The third kappa shape index (κ3) is 4.54. The normalized spacial score (nSPS) is 14.1. The molecular formula is C20H22N2O4S. The van der Waals surface area contributed by atoms with Crippen LogP contribution in [-0.4, -0.2) is 60.4 Å². The second-order valence-electron chi connectivity index (χ2n) is 6.49. The van der Waals surface area contributed by atoms with Gasteiger partial charge >= 0.3 is 5.97 Å². The zero-order chi connectivity index (χ0) is 19.4. The van der Waals surface area contributed by atoms with Gasteiger partial charge in [0.1, 0.15) is 4.88 Å². The van der Waals surface area contributed by atoms with Crippen molar-refractivity contribution < 1.29 is 19.1 Å². The number of thiophene rings is 1. The molecule has 27 heavy (non-hydrogen) atoms. The standard InChI is InChI=1S/C20H22N2O4S/c1-14-3-5-16(6-4-14)17-7-12-27-19(17)20(25)26-13-18(24)22-10-8-21(9-11-22)15(2)23/h3-7,12H,8-11,13H2,1-2H3. The maximum absolute atomic E-state index is 12.5. The molecule has 1 aromatic carbocycles. The summed E-state index contributed by atoms with van der Waals surface area (Å²) in [6, 6.07) is 9.80. The number of nitrogens with zero attached hydrogens (tertiary/aromatic N) is 2. The van der Waals surface area contributed by atoms with Crippen molar-refractivity contribution >= 4 is 29.1 Å². The molecular weight excluding hydrogens is 364 g/mol. The van der Waals surface area contributed by atoms with Crippen LogP contribution in [0.3, 0.4) is 0 Å². The van der Waals surface area contributed by atoms with Crippen molar-refractivity contribution in [3.05, 3.63) is 46.2 Å².